The van der Waals surface area contributed by atoms with Gasteiger partial charge >= 0.3 is 11.9 Å². The fraction of sp³-hybridized carbons (Fsp3) is 0.800. The number of carbonyl (C=O) groups excluding carboxylic acids is 1. The molecule has 14 heavy (non-hydrogen) atoms. The van der Waals surface area contributed by atoms with E-state index in [-0.39, 0.29) is 30.8 Å². The molecule has 1 N–H and O–H groups in total. The van der Waals surface area contributed by atoms with Gasteiger partial charge in [0.25, 0.3) is 0 Å². The first-order valence-corrected chi connectivity index (χ1v) is 5.04. The molecule has 0 aliphatic carbocycles. The van der Waals surface area contributed by atoms with Crippen LogP contribution >= 0.6 is 0 Å². The summed E-state index contributed by atoms with van der Waals surface area (Å²) in [6.45, 7) is 2.06. The molecule has 0 saturated carbocycles. The number of cyclic esters (lactones) is 1. The number of carbonyl (C=O) groups is 2. The number of hydrogen-bond donors (Lipinski definition) is 1. The lowest BCUT2D eigenvalue weighted by Crippen LogP contribution is -2.18. The van der Waals surface area contributed by atoms with Crippen molar-refractivity contribution in [3.8, 4) is 0 Å². The Balaban J connectivity index is 2.44. The van der Waals surface area contributed by atoms with Gasteiger partial charge in [-0.25, -0.2) is 0 Å². The number of hydrogen-bond acceptors (Lipinski definition) is 3. The second kappa shape index (κ2) is 4.98. The minimum Gasteiger partial charge on any atom is -0.481 e. The summed E-state index contributed by atoms with van der Waals surface area (Å²) in [5.41, 5.74) is 0. The Labute approximate surface area is 83.2 Å². The third kappa shape index (κ3) is 3.01. The zero-order valence-corrected chi connectivity index (χ0v) is 8.36. The fourth-order valence-corrected chi connectivity index (χ4v) is 1.79. The lowest BCUT2D eigenvalue weighted by atomic mass is 9.94. The van der Waals surface area contributed by atoms with Crippen LogP contribution in [-0.4, -0.2) is 23.1 Å². The molecule has 0 unspecified atom stereocenters. The van der Waals surface area contributed by atoms with Gasteiger partial charge in [0.05, 0.1) is 12.8 Å². The monoisotopic (exact) mass is 200 g/mol. The molecular weight excluding hydrogens is 184 g/mol. The van der Waals surface area contributed by atoms with Gasteiger partial charge in [0.2, 0.25) is 0 Å². The largest absolute Gasteiger partial charge is 0.481 e. The summed E-state index contributed by atoms with van der Waals surface area (Å²) >= 11 is 0. The molecule has 1 aliphatic rings. The van der Waals surface area contributed by atoms with Crippen LogP contribution in [0.1, 0.15) is 39.0 Å². The summed E-state index contributed by atoms with van der Waals surface area (Å²) in [4.78, 5) is 21.5. The van der Waals surface area contributed by atoms with Crippen LogP contribution in [0.3, 0.4) is 0 Å². The van der Waals surface area contributed by atoms with Gasteiger partial charge in [-0.2, -0.15) is 0 Å². The van der Waals surface area contributed by atoms with Gasteiger partial charge in [-0.1, -0.05) is 19.8 Å². The number of rotatable bonds is 5. The standard InChI is InChI=1S/C10H16O4/c1-2-3-4-8-7(5-9(11)12)6-10(13)14-8/h7-8H,2-6H2,1H3,(H,11,12)/t7-,8-/m0/s1. The fourth-order valence-electron chi connectivity index (χ4n) is 1.79. The Kier molecular flexibility index (Phi) is 3.92. The maximum Gasteiger partial charge on any atom is 0.306 e. The lowest BCUT2D eigenvalue weighted by molar-refractivity contribution is -0.143. The van der Waals surface area contributed by atoms with E-state index >= 15 is 0 Å². The first-order chi connectivity index (χ1) is 6.63. The second-order valence-corrected chi connectivity index (χ2v) is 3.73. The van der Waals surface area contributed by atoms with Crippen LogP contribution < -0.4 is 0 Å². The van der Waals surface area contributed by atoms with Crippen molar-refractivity contribution in [2.45, 2.75) is 45.1 Å². The van der Waals surface area contributed by atoms with Crippen molar-refractivity contribution in [1.82, 2.24) is 0 Å². The summed E-state index contributed by atoms with van der Waals surface area (Å²) in [7, 11) is 0. The summed E-state index contributed by atoms with van der Waals surface area (Å²) in [5.74, 6) is -1.22. The van der Waals surface area contributed by atoms with E-state index in [1.807, 2.05) is 0 Å². The molecule has 0 radical (unpaired) electrons. The number of unbranched alkanes of at least 4 members (excludes halogenated alkanes) is 1. The highest BCUT2D eigenvalue weighted by Gasteiger charge is 2.35. The number of aliphatic carboxylic acids is 1. The van der Waals surface area contributed by atoms with E-state index in [0.717, 1.165) is 19.3 Å². The quantitative estimate of drug-likeness (QED) is 0.684. The highest BCUT2D eigenvalue weighted by atomic mass is 16.5. The first kappa shape index (κ1) is 11.0. The molecular formula is C10H16O4. The molecule has 1 heterocycles. The summed E-state index contributed by atoms with van der Waals surface area (Å²) in [6, 6.07) is 0. The van der Waals surface area contributed by atoms with Crippen LogP contribution in [0.4, 0.5) is 0 Å². The molecule has 0 bridgehead atoms. The normalized spacial score (nSPS) is 26.2. The topological polar surface area (TPSA) is 63.6 Å². The molecule has 1 saturated heterocycles. The molecule has 0 amide bonds. The van der Waals surface area contributed by atoms with E-state index in [1.165, 1.54) is 0 Å². The molecule has 0 aromatic rings. The van der Waals surface area contributed by atoms with Crippen molar-refractivity contribution < 1.29 is 19.4 Å². The molecule has 2 atom stereocenters. The number of carboxylic acids is 1. The third-order valence-electron chi connectivity index (χ3n) is 2.52. The van der Waals surface area contributed by atoms with Crippen LogP contribution in [0.5, 0.6) is 0 Å². The molecule has 0 aromatic heterocycles. The van der Waals surface area contributed by atoms with Gasteiger partial charge in [-0.3, -0.25) is 9.59 Å². The van der Waals surface area contributed by atoms with Crippen molar-refractivity contribution in [1.29, 1.82) is 0 Å². The predicted octanol–water partition coefficient (Wildman–Crippen LogP) is 1.58. The maximum atomic E-state index is 11.0. The van der Waals surface area contributed by atoms with Crippen molar-refractivity contribution in [3.05, 3.63) is 0 Å². The zero-order chi connectivity index (χ0) is 10.6. The predicted molar refractivity (Wildman–Crippen MR) is 49.8 cm³/mol. The maximum absolute atomic E-state index is 11.0. The van der Waals surface area contributed by atoms with E-state index in [0.29, 0.717) is 0 Å². The van der Waals surface area contributed by atoms with Crippen LogP contribution in [0.2, 0.25) is 0 Å². The minimum atomic E-state index is -0.852. The Morgan fingerprint density at radius 1 is 1.64 bits per heavy atom. The summed E-state index contributed by atoms with van der Waals surface area (Å²) in [6.07, 6.45) is 2.95. The van der Waals surface area contributed by atoms with E-state index in [1.54, 1.807) is 0 Å². The Hall–Kier alpha value is -1.06. The van der Waals surface area contributed by atoms with Crippen molar-refractivity contribution in [3.63, 3.8) is 0 Å². The van der Waals surface area contributed by atoms with Crippen LogP contribution in [0.15, 0.2) is 0 Å². The molecule has 0 spiro atoms. The third-order valence-corrected chi connectivity index (χ3v) is 2.52. The van der Waals surface area contributed by atoms with Gasteiger partial charge in [0, 0.05) is 5.92 Å². The summed E-state index contributed by atoms with van der Waals surface area (Å²) in [5, 5.41) is 8.64. The number of ether oxygens (including phenoxy) is 1. The second-order valence-electron chi connectivity index (χ2n) is 3.73. The average Bonchev–Trinajstić information content (AvgIpc) is 2.41. The minimum absolute atomic E-state index is 0.0418. The Bertz CT molecular complexity index is 224. The van der Waals surface area contributed by atoms with E-state index < -0.39 is 5.97 Å². The van der Waals surface area contributed by atoms with Gasteiger partial charge in [0.1, 0.15) is 6.10 Å². The SMILES string of the molecule is CCCC[C@@H]1OC(=O)C[C@@H]1CC(=O)O. The van der Waals surface area contributed by atoms with E-state index in [2.05, 4.69) is 6.92 Å². The molecule has 0 aromatic carbocycles. The van der Waals surface area contributed by atoms with Crippen LogP contribution in [0, 0.1) is 5.92 Å². The summed E-state index contributed by atoms with van der Waals surface area (Å²) < 4.78 is 5.07. The molecule has 1 aliphatic heterocycles. The highest BCUT2D eigenvalue weighted by Crippen LogP contribution is 2.28. The highest BCUT2D eigenvalue weighted by molar-refractivity contribution is 5.74. The molecule has 80 valence electrons. The molecule has 1 rings (SSSR count). The van der Waals surface area contributed by atoms with Crippen LogP contribution in [-0.2, 0) is 14.3 Å². The zero-order valence-electron chi connectivity index (χ0n) is 8.36. The number of carboxylic acid groups (broad SMARTS) is 1. The van der Waals surface area contributed by atoms with E-state index in [4.69, 9.17) is 9.84 Å². The average molecular weight is 200 g/mol. The van der Waals surface area contributed by atoms with Crippen LogP contribution in [0.25, 0.3) is 0 Å². The number of esters is 1. The molecule has 1 fully saturated rings. The van der Waals surface area contributed by atoms with Crippen molar-refractivity contribution in [2.75, 3.05) is 0 Å². The van der Waals surface area contributed by atoms with Gasteiger partial charge in [-0.05, 0) is 6.42 Å². The Morgan fingerprint density at radius 2 is 2.36 bits per heavy atom. The van der Waals surface area contributed by atoms with Gasteiger partial charge in [-0.15, -0.1) is 0 Å². The van der Waals surface area contributed by atoms with Gasteiger partial charge < -0.3 is 9.84 Å². The van der Waals surface area contributed by atoms with Gasteiger partial charge in [0.15, 0.2) is 0 Å². The first-order valence-electron chi connectivity index (χ1n) is 5.04. The van der Waals surface area contributed by atoms with E-state index in [9.17, 15) is 9.59 Å². The smallest absolute Gasteiger partial charge is 0.306 e. The molecule has 4 heteroatoms. The lowest BCUT2D eigenvalue weighted by Gasteiger charge is -2.14. The van der Waals surface area contributed by atoms with Crippen molar-refractivity contribution in [2.24, 2.45) is 5.92 Å². The Morgan fingerprint density at radius 3 is 2.93 bits per heavy atom. The van der Waals surface area contributed by atoms with Crippen molar-refractivity contribution >= 4 is 11.9 Å². The molecule has 4 nitrogen and oxygen atoms in total.